The lowest BCUT2D eigenvalue weighted by Crippen LogP contribution is -2.19. The van der Waals surface area contributed by atoms with Crippen molar-refractivity contribution in [2.75, 3.05) is 13.2 Å². The van der Waals surface area contributed by atoms with Crippen molar-refractivity contribution in [1.82, 2.24) is 0 Å². The van der Waals surface area contributed by atoms with E-state index >= 15 is 0 Å². The van der Waals surface area contributed by atoms with E-state index in [1.807, 2.05) is 36.4 Å². The average Bonchev–Trinajstić information content (AvgIpc) is 4.08. The van der Waals surface area contributed by atoms with Gasteiger partial charge in [0.1, 0.15) is 17.4 Å². The smallest absolute Gasteiger partial charge is 0.314 e. The molecule has 3 aliphatic carbocycles. The maximum Gasteiger partial charge on any atom is 0.314 e. The third-order valence-electron chi connectivity index (χ3n) is 11.5. The summed E-state index contributed by atoms with van der Waals surface area (Å²) in [6, 6.07) is 25.5. The number of carboxylic acids is 2. The van der Waals surface area contributed by atoms with Gasteiger partial charge in [-0.1, -0.05) is 72.8 Å². The molecule has 3 saturated carbocycles. The number of carboxylic acid groups (broad SMARTS) is 2. The Bertz CT molecular complexity index is 1930. The number of halogens is 2. The van der Waals surface area contributed by atoms with E-state index in [-0.39, 0.29) is 11.6 Å². The van der Waals surface area contributed by atoms with E-state index in [0.29, 0.717) is 78.4 Å². The Morgan fingerprint density at radius 1 is 0.588 bits per heavy atom. The van der Waals surface area contributed by atoms with E-state index in [9.17, 15) is 33.4 Å². The summed E-state index contributed by atoms with van der Waals surface area (Å²) < 4.78 is 34.6. The largest absolute Gasteiger partial charge is 0.481 e. The molecular formula is C43H42F2O6. The molecule has 2 N–H and O–H groups in total. The molecule has 8 rings (SSSR count). The van der Waals surface area contributed by atoms with Gasteiger partial charge in [-0.2, -0.15) is 0 Å². The van der Waals surface area contributed by atoms with Crippen molar-refractivity contribution in [3.05, 3.63) is 119 Å². The quantitative estimate of drug-likeness (QED) is 0.191. The van der Waals surface area contributed by atoms with Crippen LogP contribution in [0.5, 0.6) is 0 Å². The van der Waals surface area contributed by atoms with Crippen LogP contribution in [0.3, 0.4) is 0 Å². The van der Waals surface area contributed by atoms with E-state index in [1.165, 1.54) is 23.3 Å². The van der Waals surface area contributed by atoms with Crippen molar-refractivity contribution in [2.45, 2.75) is 86.9 Å². The first-order valence-electron chi connectivity index (χ1n) is 18.0. The van der Waals surface area contributed by atoms with Gasteiger partial charge in [0.2, 0.25) is 0 Å². The predicted octanol–water partition coefficient (Wildman–Crippen LogP) is 9.34. The fourth-order valence-corrected chi connectivity index (χ4v) is 7.77. The second kappa shape index (κ2) is 14.1. The van der Waals surface area contributed by atoms with Crippen LogP contribution in [0.4, 0.5) is 8.78 Å². The zero-order valence-corrected chi connectivity index (χ0v) is 28.5. The summed E-state index contributed by atoms with van der Waals surface area (Å²) in [6.07, 6.45) is 7.43. The Balaban J connectivity index is 0.000000159. The van der Waals surface area contributed by atoms with Crippen LogP contribution in [-0.2, 0) is 30.0 Å². The zero-order valence-electron chi connectivity index (χ0n) is 28.5. The lowest BCUT2D eigenvalue weighted by atomic mass is 9.83. The molecule has 0 spiro atoms. The van der Waals surface area contributed by atoms with Crippen LogP contribution in [0, 0.1) is 11.6 Å². The summed E-state index contributed by atoms with van der Waals surface area (Å²) >= 11 is 0. The first-order valence-corrected chi connectivity index (χ1v) is 18.0. The van der Waals surface area contributed by atoms with E-state index in [4.69, 9.17) is 4.74 Å². The molecule has 4 aliphatic rings. The molecular weight excluding hydrogens is 650 g/mol. The number of carbonyl (C=O) groups is 3. The van der Waals surface area contributed by atoms with Crippen molar-refractivity contribution in [2.24, 2.45) is 0 Å². The third kappa shape index (κ3) is 7.11. The van der Waals surface area contributed by atoms with Crippen LogP contribution in [0.2, 0.25) is 0 Å². The number of ketones is 1. The van der Waals surface area contributed by atoms with Gasteiger partial charge in [0.05, 0.1) is 10.8 Å². The molecule has 0 radical (unpaired) electrons. The van der Waals surface area contributed by atoms with Crippen LogP contribution in [0.15, 0.2) is 84.9 Å². The van der Waals surface area contributed by atoms with Gasteiger partial charge < -0.3 is 14.9 Å². The Hall–Kier alpha value is -4.69. The molecule has 51 heavy (non-hydrogen) atoms. The minimum atomic E-state index is -0.887. The second-order valence-corrected chi connectivity index (χ2v) is 14.6. The van der Waals surface area contributed by atoms with Gasteiger partial charge in [0, 0.05) is 37.2 Å². The molecule has 8 heteroatoms. The maximum atomic E-state index is 14.6. The monoisotopic (exact) mass is 692 g/mol. The third-order valence-corrected chi connectivity index (χ3v) is 11.5. The number of carbonyl (C=O) groups excluding carboxylic acids is 1. The second-order valence-electron chi connectivity index (χ2n) is 14.6. The summed E-state index contributed by atoms with van der Waals surface area (Å²) in [5.74, 6) is -1.22. The topological polar surface area (TPSA) is 101 Å². The van der Waals surface area contributed by atoms with Crippen molar-refractivity contribution >= 4 is 17.7 Å². The first kappa shape index (κ1) is 34.7. The minimum absolute atomic E-state index is 0.342. The van der Waals surface area contributed by atoms with Gasteiger partial charge in [-0.25, -0.2) is 8.78 Å². The number of aliphatic carboxylic acids is 2. The predicted molar refractivity (Wildman–Crippen MR) is 190 cm³/mol. The normalized spacial score (nSPS) is 19.5. The van der Waals surface area contributed by atoms with Crippen molar-refractivity contribution < 1.29 is 38.1 Å². The molecule has 0 aromatic heterocycles. The van der Waals surface area contributed by atoms with Gasteiger partial charge in [-0.3, -0.25) is 14.4 Å². The number of hydrogen-bond donors (Lipinski definition) is 2. The first-order chi connectivity index (χ1) is 24.6. The number of rotatable bonds is 8. The molecule has 264 valence electrons. The van der Waals surface area contributed by atoms with Crippen molar-refractivity contribution in [3.8, 4) is 22.3 Å². The fourth-order valence-electron chi connectivity index (χ4n) is 7.77. The van der Waals surface area contributed by atoms with Gasteiger partial charge in [-0.05, 0) is 109 Å². The fraction of sp³-hybridized carbons (Fsp3) is 0.372. The highest BCUT2D eigenvalue weighted by atomic mass is 19.1. The van der Waals surface area contributed by atoms with Crippen molar-refractivity contribution in [1.29, 1.82) is 0 Å². The molecule has 1 heterocycles. The summed E-state index contributed by atoms with van der Waals surface area (Å²) in [5.41, 5.74) is 4.44. The lowest BCUT2D eigenvalue weighted by molar-refractivity contribution is -0.141. The summed E-state index contributed by atoms with van der Waals surface area (Å²) in [7, 11) is 0. The lowest BCUT2D eigenvalue weighted by Gasteiger charge is -2.22. The van der Waals surface area contributed by atoms with Gasteiger partial charge >= 0.3 is 11.9 Å². The summed E-state index contributed by atoms with van der Waals surface area (Å²) in [4.78, 5) is 34.2. The number of ether oxygens (including phenoxy) is 1. The Labute approximate surface area is 296 Å². The van der Waals surface area contributed by atoms with Gasteiger partial charge in [0.15, 0.2) is 0 Å². The highest BCUT2D eigenvalue weighted by Crippen LogP contribution is 2.50. The van der Waals surface area contributed by atoms with E-state index in [0.717, 1.165) is 50.0 Å². The Morgan fingerprint density at radius 2 is 0.980 bits per heavy atom. The van der Waals surface area contributed by atoms with Crippen LogP contribution in [0.1, 0.15) is 98.3 Å². The van der Waals surface area contributed by atoms with E-state index in [2.05, 4.69) is 12.1 Å². The molecule has 6 nitrogen and oxygen atoms in total. The number of benzene rings is 4. The minimum Gasteiger partial charge on any atom is -0.481 e. The molecule has 0 atom stereocenters. The van der Waals surface area contributed by atoms with Crippen LogP contribution in [0.25, 0.3) is 22.3 Å². The molecule has 4 aromatic rings. The maximum absolute atomic E-state index is 14.6. The standard InChI is InChI=1S/C22H21FO3.C21H21FO3/c23-20-13-17(22(11-12-22)21(25)26)7-10-19(20)16-3-1-14(2-4-16)15-5-8-18(24)9-6-15;22-19-13-17(21(9-10-21)20(23)24)5-6-18(19)16-3-1-14(2-4-16)15-7-11-25-12-8-15/h1-4,7,10,13,15H,5-6,8-9,11-12H2,(H,25,26);1-6,13,15H,7-12H2,(H,23,24). The molecule has 0 bridgehead atoms. The van der Waals surface area contributed by atoms with Crippen LogP contribution >= 0.6 is 0 Å². The Kier molecular flexibility index (Phi) is 9.64. The molecule has 0 unspecified atom stereocenters. The summed E-state index contributed by atoms with van der Waals surface area (Å²) in [5, 5.41) is 18.7. The molecule has 1 aliphatic heterocycles. The van der Waals surface area contributed by atoms with Crippen molar-refractivity contribution in [3.63, 3.8) is 0 Å². The number of Topliss-reactive ketones (excluding diaryl/α,β-unsaturated/α-hetero) is 1. The molecule has 1 saturated heterocycles. The highest BCUT2D eigenvalue weighted by molar-refractivity contribution is 5.86. The summed E-state index contributed by atoms with van der Waals surface area (Å²) in [6.45, 7) is 1.60. The van der Waals surface area contributed by atoms with Crippen LogP contribution in [-0.4, -0.2) is 41.1 Å². The van der Waals surface area contributed by atoms with E-state index in [1.54, 1.807) is 24.3 Å². The number of hydrogen-bond acceptors (Lipinski definition) is 4. The zero-order chi connectivity index (χ0) is 35.8. The van der Waals surface area contributed by atoms with Gasteiger partial charge in [-0.15, -0.1) is 0 Å². The van der Waals surface area contributed by atoms with Gasteiger partial charge in [0.25, 0.3) is 0 Å². The Morgan fingerprint density at radius 3 is 1.33 bits per heavy atom. The highest BCUT2D eigenvalue weighted by Gasteiger charge is 2.52. The molecule has 0 amide bonds. The molecule has 4 fully saturated rings. The molecule has 4 aromatic carbocycles. The van der Waals surface area contributed by atoms with E-state index < -0.39 is 22.8 Å². The SMILES string of the molecule is O=C(O)C1(c2ccc(-c3ccc(C4CCOCC4)cc3)c(F)c2)CC1.O=C1CCC(c2ccc(-c3ccc(C4(C(=O)O)CC4)cc3F)cc2)CC1. The van der Waals surface area contributed by atoms with Crippen LogP contribution < -0.4 is 0 Å². The average molecular weight is 693 g/mol.